The van der Waals surface area contributed by atoms with Gasteiger partial charge in [-0.25, -0.2) is 4.98 Å². The highest BCUT2D eigenvalue weighted by molar-refractivity contribution is 6.31. The van der Waals surface area contributed by atoms with Crippen molar-refractivity contribution in [2.24, 2.45) is 0 Å². The maximum Gasteiger partial charge on any atom is 0.147 e. The number of benzene rings is 2. The second-order valence-corrected chi connectivity index (χ2v) is 9.59. The number of nitrogens with zero attached hydrogens (tertiary/aromatic N) is 5. The average molecular weight is 498 g/mol. The van der Waals surface area contributed by atoms with Gasteiger partial charge < -0.3 is 9.64 Å². The monoisotopic (exact) mass is 497 g/mol. The molecule has 0 unspecified atom stereocenters. The number of anilines is 1. The molecule has 34 heavy (non-hydrogen) atoms. The van der Waals surface area contributed by atoms with Gasteiger partial charge in [-0.15, -0.1) is 0 Å². The van der Waals surface area contributed by atoms with Gasteiger partial charge in [0.05, 0.1) is 30.8 Å². The third-order valence-corrected chi connectivity index (χ3v) is 7.03. The summed E-state index contributed by atoms with van der Waals surface area (Å²) in [5.74, 6) is 0.912. The van der Waals surface area contributed by atoms with E-state index in [9.17, 15) is 0 Å². The predicted molar refractivity (Wildman–Crippen MR) is 139 cm³/mol. The molecule has 0 bridgehead atoms. The summed E-state index contributed by atoms with van der Waals surface area (Å²) in [6.45, 7) is 9.96. The van der Waals surface area contributed by atoms with Gasteiger partial charge in [-0.2, -0.15) is 0 Å². The molecule has 2 fully saturated rings. The first-order valence-electron chi connectivity index (χ1n) is 11.8. The van der Waals surface area contributed by atoms with Crippen LogP contribution in [0.5, 0.6) is 0 Å². The molecule has 0 atom stereocenters. The summed E-state index contributed by atoms with van der Waals surface area (Å²) < 4.78 is 5.46. The highest BCUT2D eigenvalue weighted by Gasteiger charge is 2.21. The molecule has 0 amide bonds. The van der Waals surface area contributed by atoms with Crippen molar-refractivity contribution in [2.75, 3.05) is 70.5 Å². The Morgan fingerprint density at radius 2 is 1.21 bits per heavy atom. The minimum absolute atomic E-state index is 0.702. The summed E-state index contributed by atoms with van der Waals surface area (Å²) in [6.07, 6.45) is 1.90. The summed E-state index contributed by atoms with van der Waals surface area (Å²) in [5.41, 5.74) is 3.67. The van der Waals surface area contributed by atoms with Crippen LogP contribution >= 0.6 is 23.2 Å². The Hall–Kier alpha value is -2.22. The lowest BCUT2D eigenvalue weighted by Gasteiger charge is -2.37. The van der Waals surface area contributed by atoms with Gasteiger partial charge in [0.15, 0.2) is 0 Å². The first-order valence-corrected chi connectivity index (χ1v) is 12.6. The molecule has 6 nitrogen and oxygen atoms in total. The zero-order valence-corrected chi connectivity index (χ0v) is 20.7. The summed E-state index contributed by atoms with van der Waals surface area (Å²) in [7, 11) is 0. The predicted octanol–water partition coefficient (Wildman–Crippen LogP) is 4.57. The Morgan fingerprint density at radius 1 is 0.676 bits per heavy atom. The first kappa shape index (κ1) is 23.5. The van der Waals surface area contributed by atoms with Crippen molar-refractivity contribution in [3.05, 3.63) is 64.8 Å². The van der Waals surface area contributed by atoms with Gasteiger partial charge in [0.25, 0.3) is 0 Å². The molecule has 5 rings (SSSR count). The van der Waals surface area contributed by atoms with E-state index in [4.69, 9.17) is 37.9 Å². The Bertz CT molecular complexity index is 1080. The molecule has 3 heterocycles. The maximum atomic E-state index is 6.14. The van der Waals surface area contributed by atoms with E-state index < -0.39 is 0 Å². The Balaban J connectivity index is 1.32. The molecule has 0 aliphatic carbocycles. The highest BCUT2D eigenvalue weighted by atomic mass is 35.5. The van der Waals surface area contributed by atoms with Crippen LogP contribution in [0.3, 0.4) is 0 Å². The Morgan fingerprint density at radius 3 is 1.79 bits per heavy atom. The number of piperazine rings is 1. The van der Waals surface area contributed by atoms with E-state index in [2.05, 4.69) is 14.7 Å². The molecule has 0 spiro atoms. The first-order chi connectivity index (χ1) is 16.7. The molecule has 3 aromatic rings. The molecular weight excluding hydrogens is 469 g/mol. The molecule has 0 saturated carbocycles. The zero-order valence-electron chi connectivity index (χ0n) is 19.2. The second kappa shape index (κ2) is 11.0. The van der Waals surface area contributed by atoms with Gasteiger partial charge in [-0.05, 0) is 24.3 Å². The van der Waals surface area contributed by atoms with E-state index in [0.717, 1.165) is 93.9 Å². The number of hydrogen-bond acceptors (Lipinski definition) is 6. The zero-order chi connectivity index (χ0) is 23.3. The lowest BCUT2D eigenvalue weighted by molar-refractivity contribution is 0.0331. The van der Waals surface area contributed by atoms with Crippen LogP contribution in [0.1, 0.15) is 0 Å². The van der Waals surface area contributed by atoms with Gasteiger partial charge in [0, 0.05) is 73.5 Å². The SMILES string of the molecule is Clc1ccc(-c2ncc(N3CCN(CCN4CCOCC4)CC3)nc2-c2ccc(Cl)cc2)cc1. The number of rotatable bonds is 6. The number of aromatic nitrogens is 2. The fraction of sp³-hybridized carbons (Fsp3) is 0.385. The minimum atomic E-state index is 0.702. The summed E-state index contributed by atoms with van der Waals surface area (Å²) in [4.78, 5) is 17.3. The van der Waals surface area contributed by atoms with E-state index in [0.29, 0.717) is 10.0 Å². The molecule has 178 valence electrons. The van der Waals surface area contributed by atoms with Crippen molar-refractivity contribution in [3.8, 4) is 22.5 Å². The number of hydrogen-bond donors (Lipinski definition) is 0. The van der Waals surface area contributed by atoms with Crippen LogP contribution in [0.2, 0.25) is 10.0 Å². The minimum Gasteiger partial charge on any atom is -0.379 e. The topological polar surface area (TPSA) is 44.7 Å². The molecule has 0 N–H and O–H groups in total. The van der Waals surface area contributed by atoms with E-state index in [-0.39, 0.29) is 0 Å². The lowest BCUT2D eigenvalue weighted by Crippen LogP contribution is -2.49. The summed E-state index contributed by atoms with van der Waals surface area (Å²) in [5, 5.41) is 1.40. The largest absolute Gasteiger partial charge is 0.379 e. The lowest BCUT2D eigenvalue weighted by atomic mass is 10.0. The van der Waals surface area contributed by atoms with Crippen molar-refractivity contribution in [1.82, 2.24) is 19.8 Å². The van der Waals surface area contributed by atoms with Crippen LogP contribution in [-0.2, 0) is 4.74 Å². The van der Waals surface area contributed by atoms with Crippen LogP contribution in [0.25, 0.3) is 22.5 Å². The van der Waals surface area contributed by atoms with Crippen LogP contribution in [0.4, 0.5) is 5.82 Å². The standard InChI is InChI=1S/C26H29Cl2N5O/c27-22-5-1-20(2-6-22)25-26(21-3-7-23(28)8-4-21)30-24(19-29-25)33-13-11-31(12-14-33)9-10-32-15-17-34-18-16-32/h1-8,19H,9-18H2. The van der Waals surface area contributed by atoms with Crippen molar-refractivity contribution in [2.45, 2.75) is 0 Å². The van der Waals surface area contributed by atoms with Gasteiger partial charge >= 0.3 is 0 Å². The van der Waals surface area contributed by atoms with E-state index >= 15 is 0 Å². The average Bonchev–Trinajstić information content (AvgIpc) is 2.89. The quantitative estimate of drug-likeness (QED) is 0.496. The Labute approximate surface area is 211 Å². The second-order valence-electron chi connectivity index (χ2n) is 8.72. The normalized spacial score (nSPS) is 17.8. The molecule has 2 aromatic carbocycles. The van der Waals surface area contributed by atoms with Gasteiger partial charge in [0.2, 0.25) is 0 Å². The Kier molecular flexibility index (Phi) is 7.62. The molecular formula is C26H29Cl2N5O. The maximum absolute atomic E-state index is 6.14. The van der Waals surface area contributed by atoms with E-state index in [1.165, 1.54) is 0 Å². The van der Waals surface area contributed by atoms with Crippen LogP contribution in [-0.4, -0.2) is 85.3 Å². The van der Waals surface area contributed by atoms with Gasteiger partial charge in [-0.3, -0.25) is 14.8 Å². The molecule has 2 aliphatic heterocycles. The van der Waals surface area contributed by atoms with Crippen LogP contribution < -0.4 is 4.90 Å². The number of ether oxygens (including phenoxy) is 1. The van der Waals surface area contributed by atoms with Crippen molar-refractivity contribution in [1.29, 1.82) is 0 Å². The number of halogens is 2. The van der Waals surface area contributed by atoms with E-state index in [1.807, 2.05) is 54.7 Å². The van der Waals surface area contributed by atoms with Gasteiger partial charge in [-0.1, -0.05) is 47.5 Å². The summed E-state index contributed by atoms with van der Waals surface area (Å²) >= 11 is 12.3. The highest BCUT2D eigenvalue weighted by Crippen LogP contribution is 2.32. The molecule has 2 aliphatic rings. The molecule has 0 radical (unpaired) electrons. The number of morpholine rings is 1. The third-order valence-electron chi connectivity index (χ3n) is 6.53. The summed E-state index contributed by atoms with van der Waals surface area (Å²) in [6, 6.07) is 15.5. The third kappa shape index (κ3) is 5.70. The van der Waals surface area contributed by atoms with Crippen LogP contribution in [0.15, 0.2) is 54.7 Å². The van der Waals surface area contributed by atoms with Crippen LogP contribution in [0, 0.1) is 0 Å². The van der Waals surface area contributed by atoms with Gasteiger partial charge in [0.1, 0.15) is 5.82 Å². The smallest absolute Gasteiger partial charge is 0.147 e. The molecule has 8 heteroatoms. The fourth-order valence-electron chi connectivity index (χ4n) is 4.47. The fourth-order valence-corrected chi connectivity index (χ4v) is 4.72. The van der Waals surface area contributed by atoms with Crippen molar-refractivity contribution in [3.63, 3.8) is 0 Å². The van der Waals surface area contributed by atoms with Crippen molar-refractivity contribution < 1.29 is 4.74 Å². The molecule has 1 aromatic heterocycles. The van der Waals surface area contributed by atoms with Crippen molar-refractivity contribution >= 4 is 29.0 Å². The molecule has 2 saturated heterocycles. The van der Waals surface area contributed by atoms with E-state index in [1.54, 1.807) is 0 Å².